The number of carbonyl (C=O) groups excluding carboxylic acids is 1. The molecular formula is C12H14Cl2N4OS. The Hall–Kier alpha value is -1.24. The average molecular weight is 333 g/mol. The summed E-state index contributed by atoms with van der Waals surface area (Å²) < 4.78 is 2.90. The Morgan fingerprint density at radius 2 is 2.30 bits per heavy atom. The Balaban J connectivity index is 2.03. The molecule has 1 atom stereocenters. The number of anilines is 1. The molecule has 2 aromatic rings. The first-order chi connectivity index (χ1) is 9.49. The van der Waals surface area contributed by atoms with E-state index >= 15 is 0 Å². The number of aromatic nitrogens is 2. The molecule has 0 fully saturated rings. The summed E-state index contributed by atoms with van der Waals surface area (Å²) in [6.07, 6.45) is 3.44. The smallest absolute Gasteiger partial charge is 0.241 e. The minimum atomic E-state index is -0.0969. The SMILES string of the molecule is CNC(=O)Cn1cc(NC(C)c2cc(Cl)sc2Cl)cn1. The van der Waals surface area contributed by atoms with E-state index in [-0.39, 0.29) is 18.5 Å². The van der Waals surface area contributed by atoms with Crippen molar-refractivity contribution in [1.82, 2.24) is 15.1 Å². The van der Waals surface area contributed by atoms with E-state index in [4.69, 9.17) is 23.2 Å². The largest absolute Gasteiger partial charge is 0.376 e. The predicted octanol–water partition coefficient (Wildman–Crippen LogP) is 3.17. The average Bonchev–Trinajstić information content (AvgIpc) is 2.95. The van der Waals surface area contributed by atoms with Gasteiger partial charge in [0.1, 0.15) is 6.54 Å². The van der Waals surface area contributed by atoms with Crippen LogP contribution in [0.25, 0.3) is 0 Å². The van der Waals surface area contributed by atoms with Crippen LogP contribution in [0.4, 0.5) is 5.69 Å². The van der Waals surface area contributed by atoms with E-state index in [1.165, 1.54) is 11.3 Å². The molecule has 1 unspecified atom stereocenters. The monoisotopic (exact) mass is 332 g/mol. The number of hydrogen-bond donors (Lipinski definition) is 2. The number of rotatable bonds is 5. The summed E-state index contributed by atoms with van der Waals surface area (Å²) >= 11 is 13.4. The predicted molar refractivity (Wildman–Crippen MR) is 82.7 cm³/mol. The normalized spacial score (nSPS) is 12.2. The molecular weight excluding hydrogens is 319 g/mol. The highest BCUT2D eigenvalue weighted by Crippen LogP contribution is 2.35. The van der Waals surface area contributed by atoms with Crippen LogP contribution in [0.15, 0.2) is 18.5 Å². The van der Waals surface area contributed by atoms with E-state index < -0.39 is 0 Å². The number of nitrogens with one attached hydrogen (secondary N) is 2. The van der Waals surface area contributed by atoms with Crippen molar-refractivity contribution in [2.75, 3.05) is 12.4 Å². The summed E-state index contributed by atoms with van der Waals surface area (Å²) in [7, 11) is 1.59. The summed E-state index contributed by atoms with van der Waals surface area (Å²) in [5.74, 6) is -0.0969. The molecule has 0 saturated carbocycles. The van der Waals surface area contributed by atoms with Crippen molar-refractivity contribution in [3.05, 3.63) is 32.7 Å². The highest BCUT2D eigenvalue weighted by Gasteiger charge is 2.14. The number of hydrogen-bond acceptors (Lipinski definition) is 4. The van der Waals surface area contributed by atoms with E-state index in [0.29, 0.717) is 8.67 Å². The molecule has 5 nitrogen and oxygen atoms in total. The van der Waals surface area contributed by atoms with Gasteiger partial charge in [0.15, 0.2) is 0 Å². The van der Waals surface area contributed by atoms with E-state index in [0.717, 1.165) is 11.3 Å². The number of halogens is 2. The topological polar surface area (TPSA) is 59.0 Å². The lowest BCUT2D eigenvalue weighted by Gasteiger charge is -2.12. The lowest BCUT2D eigenvalue weighted by molar-refractivity contribution is -0.121. The van der Waals surface area contributed by atoms with Crippen LogP contribution < -0.4 is 10.6 Å². The molecule has 2 N–H and O–H groups in total. The molecule has 0 aliphatic heterocycles. The van der Waals surface area contributed by atoms with Crippen LogP contribution in [0.3, 0.4) is 0 Å². The van der Waals surface area contributed by atoms with Crippen molar-refractivity contribution in [3.63, 3.8) is 0 Å². The Bertz CT molecular complexity index is 610. The third-order valence-corrected chi connectivity index (χ3v) is 4.27. The summed E-state index contributed by atoms with van der Waals surface area (Å²) in [4.78, 5) is 11.3. The zero-order valence-electron chi connectivity index (χ0n) is 11.0. The first-order valence-corrected chi connectivity index (χ1v) is 7.51. The molecule has 0 spiro atoms. The van der Waals surface area contributed by atoms with Crippen LogP contribution in [-0.2, 0) is 11.3 Å². The van der Waals surface area contributed by atoms with Gasteiger partial charge in [0.2, 0.25) is 5.91 Å². The van der Waals surface area contributed by atoms with Gasteiger partial charge in [-0.05, 0) is 13.0 Å². The van der Waals surface area contributed by atoms with E-state index in [9.17, 15) is 4.79 Å². The Morgan fingerprint density at radius 3 is 2.90 bits per heavy atom. The van der Waals surface area contributed by atoms with Crippen LogP contribution in [0.1, 0.15) is 18.5 Å². The molecule has 0 aliphatic carbocycles. The highest BCUT2D eigenvalue weighted by atomic mass is 35.5. The minimum absolute atomic E-state index is 0.00361. The van der Waals surface area contributed by atoms with Gasteiger partial charge in [0.25, 0.3) is 0 Å². The molecule has 0 saturated heterocycles. The van der Waals surface area contributed by atoms with Crippen molar-refractivity contribution in [1.29, 1.82) is 0 Å². The van der Waals surface area contributed by atoms with Crippen molar-refractivity contribution in [2.45, 2.75) is 19.5 Å². The van der Waals surface area contributed by atoms with E-state index in [2.05, 4.69) is 15.7 Å². The lowest BCUT2D eigenvalue weighted by atomic mass is 10.2. The van der Waals surface area contributed by atoms with Crippen LogP contribution in [0.2, 0.25) is 8.67 Å². The standard InChI is InChI=1S/C12H14Cl2N4OS/c1-7(9-3-10(13)20-12(9)14)17-8-4-16-18(5-8)6-11(19)15-2/h3-5,7,17H,6H2,1-2H3,(H,15,19). The molecule has 8 heteroatoms. The fourth-order valence-electron chi connectivity index (χ4n) is 1.73. The molecule has 0 aliphatic rings. The van der Waals surface area contributed by atoms with Gasteiger partial charge in [-0.1, -0.05) is 23.2 Å². The summed E-state index contributed by atoms with van der Waals surface area (Å²) in [6.45, 7) is 2.18. The zero-order valence-corrected chi connectivity index (χ0v) is 13.3. The fourth-order valence-corrected chi connectivity index (χ4v) is 3.37. The van der Waals surface area contributed by atoms with Crippen LogP contribution in [0, 0.1) is 0 Å². The Kier molecular flexibility index (Phi) is 4.91. The second-order valence-electron chi connectivity index (χ2n) is 4.25. The maximum atomic E-state index is 11.3. The van der Waals surface area contributed by atoms with Crippen molar-refractivity contribution in [2.24, 2.45) is 0 Å². The molecule has 1 amide bonds. The molecule has 2 rings (SSSR count). The number of carbonyl (C=O) groups is 1. The molecule has 0 radical (unpaired) electrons. The summed E-state index contributed by atoms with van der Waals surface area (Å²) in [6, 6.07) is 1.85. The third kappa shape index (κ3) is 3.65. The quantitative estimate of drug-likeness (QED) is 0.884. The number of nitrogens with zero attached hydrogens (tertiary/aromatic N) is 2. The van der Waals surface area contributed by atoms with Gasteiger partial charge in [-0.2, -0.15) is 5.10 Å². The van der Waals surface area contributed by atoms with Gasteiger partial charge in [-0.15, -0.1) is 11.3 Å². The van der Waals surface area contributed by atoms with Crippen molar-refractivity contribution in [3.8, 4) is 0 Å². The fraction of sp³-hybridized carbons (Fsp3) is 0.333. The molecule has 108 valence electrons. The third-order valence-electron chi connectivity index (χ3n) is 2.75. The zero-order chi connectivity index (χ0) is 14.7. The Morgan fingerprint density at radius 1 is 1.55 bits per heavy atom. The van der Waals surface area contributed by atoms with E-state index in [1.807, 2.05) is 13.0 Å². The van der Waals surface area contributed by atoms with Gasteiger partial charge in [-0.25, -0.2) is 0 Å². The van der Waals surface area contributed by atoms with Crippen molar-refractivity contribution >= 4 is 46.1 Å². The minimum Gasteiger partial charge on any atom is -0.376 e. The summed E-state index contributed by atoms with van der Waals surface area (Å²) in [5, 5.41) is 9.94. The van der Waals surface area contributed by atoms with Crippen LogP contribution in [0.5, 0.6) is 0 Å². The summed E-state index contributed by atoms with van der Waals surface area (Å²) in [5.41, 5.74) is 1.76. The van der Waals surface area contributed by atoms with Crippen LogP contribution in [-0.4, -0.2) is 22.7 Å². The van der Waals surface area contributed by atoms with Gasteiger partial charge < -0.3 is 10.6 Å². The van der Waals surface area contributed by atoms with Crippen molar-refractivity contribution < 1.29 is 4.79 Å². The first-order valence-electron chi connectivity index (χ1n) is 5.94. The number of amides is 1. The van der Waals surface area contributed by atoms with E-state index in [1.54, 1.807) is 24.1 Å². The van der Waals surface area contributed by atoms with Gasteiger partial charge in [-0.3, -0.25) is 9.48 Å². The molecule has 0 aromatic carbocycles. The second-order valence-corrected chi connectivity index (χ2v) is 6.53. The Labute approximate surface area is 130 Å². The number of thiophene rings is 1. The highest BCUT2D eigenvalue weighted by molar-refractivity contribution is 7.20. The van der Waals surface area contributed by atoms with Gasteiger partial charge in [0, 0.05) is 18.8 Å². The maximum absolute atomic E-state index is 11.3. The molecule has 2 aromatic heterocycles. The first kappa shape index (κ1) is 15.2. The second kappa shape index (κ2) is 6.47. The van der Waals surface area contributed by atoms with Gasteiger partial charge in [0.05, 0.1) is 26.6 Å². The molecule has 20 heavy (non-hydrogen) atoms. The lowest BCUT2D eigenvalue weighted by Crippen LogP contribution is -2.23. The molecule has 0 bridgehead atoms. The number of likely N-dealkylation sites (N-methyl/N-ethyl adjacent to an activating group) is 1. The van der Waals surface area contributed by atoms with Crippen LogP contribution >= 0.6 is 34.5 Å². The maximum Gasteiger partial charge on any atom is 0.241 e. The van der Waals surface area contributed by atoms with Gasteiger partial charge >= 0.3 is 0 Å². The molecule has 2 heterocycles.